The molecule has 0 aromatic rings. The van der Waals surface area contributed by atoms with Gasteiger partial charge in [-0.05, 0) is 5.10 Å². The number of hydrogen-bond donors (Lipinski definition) is 4. The van der Waals surface area contributed by atoms with Gasteiger partial charge in [-0.3, -0.25) is 0 Å². The first kappa shape index (κ1) is 7.64. The van der Waals surface area contributed by atoms with E-state index in [1.807, 2.05) is 0 Å². The zero-order chi connectivity index (χ0) is 7.11. The van der Waals surface area contributed by atoms with Crippen molar-refractivity contribution in [1.82, 2.24) is 0 Å². The summed E-state index contributed by atoms with van der Waals surface area (Å²) >= 11 is 0. The third kappa shape index (κ3) is 6.64. The van der Waals surface area contributed by atoms with Crippen molar-refractivity contribution >= 4 is 12.2 Å². The van der Waals surface area contributed by atoms with Gasteiger partial charge in [0.05, 0.1) is 0 Å². The van der Waals surface area contributed by atoms with Gasteiger partial charge in [-0.2, -0.15) is 5.43 Å². The molecule has 9 heavy (non-hydrogen) atoms. The fourth-order valence-corrected chi connectivity index (χ4v) is 0.234. The first-order valence-corrected chi connectivity index (χ1v) is 2.35. The van der Waals surface area contributed by atoms with Crippen LogP contribution in [0.15, 0.2) is 17.4 Å². The molecule has 0 amide bonds. The van der Waals surface area contributed by atoms with E-state index < -0.39 is 0 Å². The second-order valence-electron chi connectivity index (χ2n) is 1.25. The molecule has 0 spiro atoms. The first-order chi connectivity index (χ1) is 4.27. The van der Waals surface area contributed by atoms with Gasteiger partial charge >= 0.3 is 0 Å². The van der Waals surface area contributed by atoms with Gasteiger partial charge in [-0.25, -0.2) is 0 Å². The summed E-state index contributed by atoms with van der Waals surface area (Å²) in [6.07, 6.45) is 4.21. The molecule has 0 heterocycles. The molecule has 50 valence electrons. The van der Waals surface area contributed by atoms with Crippen LogP contribution in [-0.4, -0.2) is 12.2 Å². The van der Waals surface area contributed by atoms with E-state index in [0.717, 1.165) is 6.21 Å². The zero-order valence-electron chi connectivity index (χ0n) is 4.91. The summed E-state index contributed by atoms with van der Waals surface area (Å²) in [5.41, 5.74) is 11.4. The highest BCUT2D eigenvalue weighted by Crippen LogP contribution is 1.47. The highest BCUT2D eigenvalue weighted by Gasteiger charge is 1.76. The highest BCUT2D eigenvalue weighted by molar-refractivity contribution is 5.74. The first-order valence-electron chi connectivity index (χ1n) is 2.35. The predicted octanol–water partition coefficient (Wildman–Crippen LogP) is -2.10. The van der Waals surface area contributed by atoms with E-state index in [-0.39, 0.29) is 5.96 Å². The molecule has 0 fully saturated rings. The van der Waals surface area contributed by atoms with Gasteiger partial charge < -0.3 is 16.9 Å². The average Bonchev–Trinajstić information content (AvgIpc) is 1.80. The normalized spacial score (nSPS) is 9.33. The smallest absolute Gasteiger partial charge is 0.245 e. The Morgan fingerprint density at radius 2 is 2.22 bits per heavy atom. The molecule has 0 aliphatic carbocycles. The number of nitrogens with two attached hydrogens (primary N) is 3. The van der Waals surface area contributed by atoms with Crippen LogP contribution in [0.1, 0.15) is 0 Å². The van der Waals surface area contributed by atoms with Gasteiger partial charge in [0.2, 0.25) is 5.96 Å². The zero-order valence-corrected chi connectivity index (χ0v) is 4.91. The lowest BCUT2D eigenvalue weighted by Gasteiger charge is -1.82. The summed E-state index contributed by atoms with van der Waals surface area (Å²) in [5, 5.41) is 10.1. The Labute approximate surface area is 52.9 Å². The third-order valence-electron chi connectivity index (χ3n) is 0.517. The van der Waals surface area contributed by atoms with E-state index in [4.69, 9.17) is 16.9 Å². The van der Waals surface area contributed by atoms with Crippen molar-refractivity contribution in [2.75, 3.05) is 0 Å². The number of guanidine groups is 1. The number of hydrogen-bond acceptors (Lipinski definition) is 2. The number of quaternary nitrogens is 1. The van der Waals surface area contributed by atoms with Crippen LogP contribution < -0.4 is 16.9 Å². The molecule has 0 rings (SSSR count). The molecule has 5 nitrogen and oxygen atoms in total. The van der Waals surface area contributed by atoms with Crippen LogP contribution in [0.25, 0.3) is 0 Å². The topological polar surface area (TPSA) is 105 Å². The number of allylic oxidation sites excluding steroid dienone is 1. The van der Waals surface area contributed by atoms with Crippen LogP contribution >= 0.6 is 0 Å². The minimum Gasteiger partial charge on any atom is -0.366 e. The maximum absolute atomic E-state index is 6.55. The lowest BCUT2D eigenvalue weighted by Crippen LogP contribution is -2.72. The maximum atomic E-state index is 6.55. The van der Waals surface area contributed by atoms with Crippen molar-refractivity contribution in [3.8, 4) is 0 Å². The Bertz CT molecular complexity index is 132. The van der Waals surface area contributed by atoms with E-state index in [9.17, 15) is 0 Å². The minimum atomic E-state index is 0.0182. The van der Waals surface area contributed by atoms with E-state index in [2.05, 4.69) is 5.10 Å². The maximum Gasteiger partial charge on any atom is 0.245 e. The van der Waals surface area contributed by atoms with Gasteiger partial charge in [0.15, 0.2) is 0 Å². The summed E-state index contributed by atoms with van der Waals surface area (Å²) < 4.78 is 0. The molecule has 0 bridgehead atoms. The van der Waals surface area contributed by atoms with Gasteiger partial charge in [0.25, 0.3) is 0 Å². The molecular formula is C4H10N5+. The van der Waals surface area contributed by atoms with E-state index in [0.29, 0.717) is 0 Å². The molecule has 0 radical (unpaired) electrons. The lowest BCUT2D eigenvalue weighted by atomic mass is 10.7. The third-order valence-corrected chi connectivity index (χ3v) is 0.517. The molecule has 0 aromatic carbocycles. The number of nitrogens with zero attached hydrogens (tertiary/aromatic N) is 1. The Balaban J connectivity index is 3.40. The van der Waals surface area contributed by atoms with Gasteiger partial charge in [-0.1, -0.05) is 0 Å². The van der Waals surface area contributed by atoms with Crippen LogP contribution in [-0.2, 0) is 0 Å². The fourth-order valence-electron chi connectivity index (χ4n) is 0.234. The summed E-state index contributed by atoms with van der Waals surface area (Å²) in [5.74, 6) is 0.0182. The molecule has 0 atom stereocenters. The summed E-state index contributed by atoms with van der Waals surface area (Å²) in [4.78, 5) is 0. The molecule has 0 saturated heterocycles. The van der Waals surface area contributed by atoms with Crippen molar-refractivity contribution in [2.24, 2.45) is 16.6 Å². The van der Waals surface area contributed by atoms with Crippen molar-refractivity contribution < 1.29 is 5.43 Å². The monoisotopic (exact) mass is 128 g/mol. The summed E-state index contributed by atoms with van der Waals surface area (Å²) in [7, 11) is 0. The molecule has 5 heteroatoms. The van der Waals surface area contributed by atoms with Crippen LogP contribution in [0.2, 0.25) is 0 Å². The molecule has 0 unspecified atom stereocenters. The standard InChI is InChI=1S/C4H9N5/c5-2-1-3-8-9-4(6)7/h1-3,5,8H,(H4,6,7,9)/p+1. The largest absolute Gasteiger partial charge is 0.366 e. The quantitative estimate of drug-likeness (QED) is 0.151. The average molecular weight is 128 g/mol. The predicted molar refractivity (Wildman–Crippen MR) is 35.7 cm³/mol. The minimum absolute atomic E-state index is 0.0182. The van der Waals surface area contributed by atoms with Crippen molar-refractivity contribution in [3.05, 3.63) is 12.3 Å². The van der Waals surface area contributed by atoms with Crippen LogP contribution in [0.3, 0.4) is 0 Å². The Morgan fingerprint density at radius 1 is 1.56 bits per heavy atom. The number of nitrogens with one attached hydrogen (secondary N) is 1. The summed E-state index contributed by atoms with van der Waals surface area (Å²) in [6, 6.07) is 0. The highest BCUT2D eigenvalue weighted by atomic mass is 15.3. The van der Waals surface area contributed by atoms with Crippen LogP contribution in [0, 0.1) is 5.41 Å². The molecule has 0 aliphatic rings. The Morgan fingerprint density at radius 3 is 2.67 bits per heavy atom. The SMILES string of the molecule is N=CC=C[NH2+]N=C(N)N. The fraction of sp³-hybridized carbons (Fsp3) is 0. The Hall–Kier alpha value is -1.36. The molecule has 0 aromatic heterocycles. The second-order valence-corrected chi connectivity index (χ2v) is 1.25. The molecular weight excluding hydrogens is 118 g/mol. The summed E-state index contributed by atoms with van der Waals surface area (Å²) in [6.45, 7) is 0. The Kier molecular flexibility index (Phi) is 4.07. The van der Waals surface area contributed by atoms with Crippen molar-refractivity contribution in [3.63, 3.8) is 0 Å². The molecule has 7 N–H and O–H groups in total. The van der Waals surface area contributed by atoms with Crippen molar-refractivity contribution in [1.29, 1.82) is 5.41 Å². The van der Waals surface area contributed by atoms with E-state index in [1.54, 1.807) is 6.20 Å². The molecule has 0 aliphatic heterocycles. The molecule has 0 saturated carbocycles. The van der Waals surface area contributed by atoms with E-state index in [1.165, 1.54) is 11.5 Å². The van der Waals surface area contributed by atoms with E-state index >= 15 is 0 Å². The van der Waals surface area contributed by atoms with Gasteiger partial charge in [0.1, 0.15) is 6.20 Å². The lowest BCUT2D eigenvalue weighted by molar-refractivity contribution is -0.594. The van der Waals surface area contributed by atoms with Gasteiger partial charge in [0, 0.05) is 12.3 Å². The van der Waals surface area contributed by atoms with Gasteiger partial charge in [-0.15, -0.1) is 0 Å². The van der Waals surface area contributed by atoms with Crippen molar-refractivity contribution in [2.45, 2.75) is 0 Å². The second kappa shape index (κ2) is 4.79. The van der Waals surface area contributed by atoms with Crippen LogP contribution in [0.5, 0.6) is 0 Å². The van der Waals surface area contributed by atoms with Crippen LogP contribution in [0.4, 0.5) is 0 Å². The number of rotatable bonds is 3.